The Bertz CT molecular complexity index is 1020. The lowest BCUT2D eigenvalue weighted by Gasteiger charge is -2.57. The number of methoxy groups -OCH3 is 1. The molecule has 0 radical (unpaired) electrons. The van der Waals surface area contributed by atoms with Crippen LogP contribution in [-0.2, 0) is 14.9 Å². The van der Waals surface area contributed by atoms with E-state index in [-0.39, 0.29) is 18.5 Å². The summed E-state index contributed by atoms with van der Waals surface area (Å²) in [6, 6.07) is 13.4. The van der Waals surface area contributed by atoms with Gasteiger partial charge in [0.2, 0.25) is 0 Å². The number of ether oxygens (including phenoxy) is 3. The van der Waals surface area contributed by atoms with Gasteiger partial charge in [0.1, 0.15) is 5.75 Å². The molecule has 0 heterocycles. The Morgan fingerprint density at radius 2 is 1.59 bits per heavy atom. The van der Waals surface area contributed by atoms with Gasteiger partial charge in [0.05, 0.1) is 5.56 Å². The fourth-order valence-electron chi connectivity index (χ4n) is 6.82. The van der Waals surface area contributed by atoms with Crippen LogP contribution in [0.5, 0.6) is 5.75 Å². The third kappa shape index (κ3) is 4.77. The van der Waals surface area contributed by atoms with Gasteiger partial charge in [-0.3, -0.25) is 0 Å². The maximum absolute atomic E-state index is 11.1. The lowest BCUT2D eigenvalue weighted by molar-refractivity contribution is -0.150. The van der Waals surface area contributed by atoms with Crippen LogP contribution in [0.25, 0.3) is 12.2 Å². The van der Waals surface area contributed by atoms with Crippen LogP contribution in [0.4, 0.5) is 0 Å². The van der Waals surface area contributed by atoms with Crippen molar-refractivity contribution in [3.05, 3.63) is 64.7 Å². The molecule has 1 unspecified atom stereocenters. The van der Waals surface area contributed by atoms with Crippen LogP contribution in [-0.4, -0.2) is 31.3 Å². The molecule has 1 N–H and O–H groups in total. The number of aromatic carboxylic acids is 1. The molecule has 0 spiro atoms. The van der Waals surface area contributed by atoms with Crippen LogP contribution in [0.15, 0.2) is 42.5 Å². The number of rotatable bonds is 9. The topological polar surface area (TPSA) is 65.0 Å². The number of hydrogen-bond donors (Lipinski definition) is 1. The lowest BCUT2D eigenvalue weighted by atomic mass is 9.48. The van der Waals surface area contributed by atoms with Crippen LogP contribution in [0, 0.1) is 17.8 Å². The summed E-state index contributed by atoms with van der Waals surface area (Å²) < 4.78 is 17.0. The summed E-state index contributed by atoms with van der Waals surface area (Å²) in [5.74, 6) is 2.55. The van der Waals surface area contributed by atoms with Crippen LogP contribution in [0.2, 0.25) is 0 Å². The van der Waals surface area contributed by atoms with Crippen molar-refractivity contribution >= 4 is 18.1 Å². The molecule has 5 nitrogen and oxygen atoms in total. The molecular formula is C29H34O5. The fraction of sp³-hybridized carbons (Fsp3) is 0.483. The standard InChI is InChI=1S/C29H34O5/c1-19(32-2)33-18-34-27-10-7-21(4-3-20-5-8-25(9-6-20)28(30)31)14-26(27)29-15-22-11-23(16-29)13-24(12-22)17-29/h3-10,14,19,22-24H,11-13,15-18H2,1-2H3,(H,30,31). The molecule has 1 atom stereocenters. The van der Waals surface area contributed by atoms with E-state index < -0.39 is 5.97 Å². The summed E-state index contributed by atoms with van der Waals surface area (Å²) in [5, 5.41) is 9.12. The molecule has 4 aliphatic carbocycles. The summed E-state index contributed by atoms with van der Waals surface area (Å²) in [6.07, 6.45) is 11.8. The maximum Gasteiger partial charge on any atom is 0.335 e. The van der Waals surface area contributed by atoms with Gasteiger partial charge in [0.25, 0.3) is 0 Å². The molecule has 0 saturated heterocycles. The van der Waals surface area contributed by atoms with Crippen molar-refractivity contribution in [1.29, 1.82) is 0 Å². The second-order valence-electron chi connectivity index (χ2n) is 10.4. The van der Waals surface area contributed by atoms with Crippen LogP contribution >= 0.6 is 0 Å². The SMILES string of the molecule is COC(C)OCOc1ccc(C=Cc2ccc(C(=O)O)cc2)cc1C12CC3CC(CC(C3)C1)C2. The Morgan fingerprint density at radius 3 is 2.18 bits per heavy atom. The van der Waals surface area contributed by atoms with Crippen molar-refractivity contribution in [3.8, 4) is 5.75 Å². The normalized spacial score (nSPS) is 28.4. The monoisotopic (exact) mass is 462 g/mol. The summed E-state index contributed by atoms with van der Waals surface area (Å²) >= 11 is 0. The van der Waals surface area contributed by atoms with E-state index in [1.54, 1.807) is 19.2 Å². The second kappa shape index (κ2) is 9.55. The second-order valence-corrected chi connectivity index (χ2v) is 10.4. The minimum Gasteiger partial charge on any atom is -0.478 e. The van der Waals surface area contributed by atoms with Crippen molar-refractivity contribution in [1.82, 2.24) is 0 Å². The molecule has 4 saturated carbocycles. The molecule has 2 aromatic rings. The van der Waals surface area contributed by atoms with Gasteiger partial charge < -0.3 is 19.3 Å². The molecule has 4 aliphatic rings. The first-order valence-electron chi connectivity index (χ1n) is 12.4. The van der Waals surface area contributed by atoms with Gasteiger partial charge in [-0.05, 0) is 104 Å². The number of benzene rings is 2. The molecular weight excluding hydrogens is 428 g/mol. The van der Waals surface area contributed by atoms with E-state index in [9.17, 15) is 4.79 Å². The Balaban J connectivity index is 1.42. The Morgan fingerprint density at radius 1 is 1.00 bits per heavy atom. The number of carboxylic acid groups (broad SMARTS) is 1. The van der Waals surface area contributed by atoms with E-state index in [0.29, 0.717) is 5.56 Å². The molecule has 2 aromatic carbocycles. The zero-order chi connectivity index (χ0) is 23.7. The highest BCUT2D eigenvalue weighted by Crippen LogP contribution is 2.62. The molecule has 180 valence electrons. The first kappa shape index (κ1) is 23.1. The number of hydrogen-bond acceptors (Lipinski definition) is 4. The molecule has 6 rings (SSSR count). The minimum absolute atomic E-state index is 0.166. The number of carbonyl (C=O) groups is 1. The summed E-state index contributed by atoms with van der Waals surface area (Å²) in [6.45, 7) is 2.03. The van der Waals surface area contributed by atoms with E-state index in [0.717, 1.165) is 34.6 Å². The fourth-order valence-corrected chi connectivity index (χ4v) is 6.82. The quantitative estimate of drug-likeness (QED) is 0.347. The van der Waals surface area contributed by atoms with E-state index in [2.05, 4.69) is 24.3 Å². The number of carboxylic acids is 1. The van der Waals surface area contributed by atoms with Gasteiger partial charge >= 0.3 is 5.97 Å². The molecule has 0 amide bonds. The van der Waals surface area contributed by atoms with Crippen molar-refractivity contribution in [2.75, 3.05) is 13.9 Å². The third-order valence-electron chi connectivity index (χ3n) is 8.09. The zero-order valence-corrected chi connectivity index (χ0v) is 20.0. The average Bonchev–Trinajstić information content (AvgIpc) is 2.82. The third-order valence-corrected chi connectivity index (χ3v) is 8.09. The van der Waals surface area contributed by atoms with Crippen molar-refractivity contribution < 1.29 is 24.1 Å². The minimum atomic E-state index is -0.907. The highest BCUT2D eigenvalue weighted by molar-refractivity contribution is 5.88. The Labute approximate surface area is 201 Å². The predicted molar refractivity (Wildman–Crippen MR) is 132 cm³/mol. The van der Waals surface area contributed by atoms with Crippen LogP contribution in [0.1, 0.15) is 72.5 Å². The van der Waals surface area contributed by atoms with Crippen molar-refractivity contribution in [2.24, 2.45) is 17.8 Å². The average molecular weight is 463 g/mol. The van der Waals surface area contributed by atoms with E-state index in [4.69, 9.17) is 19.3 Å². The zero-order valence-electron chi connectivity index (χ0n) is 20.0. The first-order valence-corrected chi connectivity index (χ1v) is 12.4. The predicted octanol–water partition coefficient (Wildman–Crippen LogP) is 6.37. The van der Waals surface area contributed by atoms with Gasteiger partial charge in [0.15, 0.2) is 13.1 Å². The summed E-state index contributed by atoms with van der Waals surface area (Å²) in [7, 11) is 1.63. The van der Waals surface area contributed by atoms with E-state index in [1.165, 1.54) is 44.1 Å². The van der Waals surface area contributed by atoms with Crippen molar-refractivity contribution in [3.63, 3.8) is 0 Å². The van der Waals surface area contributed by atoms with E-state index >= 15 is 0 Å². The Kier molecular flexibility index (Phi) is 6.50. The van der Waals surface area contributed by atoms with Gasteiger partial charge in [-0.1, -0.05) is 30.4 Å². The van der Waals surface area contributed by atoms with E-state index in [1.807, 2.05) is 25.1 Å². The lowest BCUT2D eigenvalue weighted by Crippen LogP contribution is -2.48. The maximum atomic E-state index is 11.1. The van der Waals surface area contributed by atoms with Crippen molar-refractivity contribution in [2.45, 2.75) is 57.2 Å². The summed E-state index contributed by atoms with van der Waals surface area (Å²) in [4.78, 5) is 11.1. The smallest absolute Gasteiger partial charge is 0.335 e. The molecule has 0 aromatic heterocycles. The molecule has 4 fully saturated rings. The van der Waals surface area contributed by atoms with Gasteiger partial charge in [-0.25, -0.2) is 4.79 Å². The first-order chi connectivity index (χ1) is 16.4. The van der Waals surface area contributed by atoms with Gasteiger partial charge in [-0.15, -0.1) is 0 Å². The highest BCUT2D eigenvalue weighted by Gasteiger charge is 2.52. The molecule has 5 heteroatoms. The molecule has 4 bridgehead atoms. The molecule has 0 aliphatic heterocycles. The van der Waals surface area contributed by atoms with Crippen LogP contribution in [0.3, 0.4) is 0 Å². The Hall–Kier alpha value is -2.63. The highest BCUT2D eigenvalue weighted by atomic mass is 16.7. The van der Waals surface area contributed by atoms with Gasteiger partial charge in [0, 0.05) is 12.7 Å². The largest absolute Gasteiger partial charge is 0.478 e. The van der Waals surface area contributed by atoms with Gasteiger partial charge in [-0.2, -0.15) is 0 Å². The summed E-state index contributed by atoms with van der Waals surface area (Å²) in [5.41, 5.74) is 3.93. The molecule has 34 heavy (non-hydrogen) atoms. The van der Waals surface area contributed by atoms with Crippen LogP contribution < -0.4 is 4.74 Å².